The first-order valence-electron chi connectivity index (χ1n) is 9.70. The maximum absolute atomic E-state index is 6.15. The molecule has 27 heavy (non-hydrogen) atoms. The number of fused-ring (bicyclic) bond motifs is 2. The molecule has 3 unspecified atom stereocenters. The maximum Gasteiger partial charge on any atom is 0.146 e. The van der Waals surface area contributed by atoms with Gasteiger partial charge in [0.2, 0.25) is 0 Å². The molecule has 5 rings (SSSR count). The monoisotopic (exact) mass is 378 g/mol. The summed E-state index contributed by atoms with van der Waals surface area (Å²) in [6.45, 7) is 0. The van der Waals surface area contributed by atoms with Crippen LogP contribution < -0.4 is 0 Å². The lowest BCUT2D eigenvalue weighted by atomic mass is 9.79. The maximum atomic E-state index is 6.15. The highest BCUT2D eigenvalue weighted by atomic mass is 35.5. The van der Waals surface area contributed by atoms with E-state index in [0.29, 0.717) is 12.1 Å². The highest BCUT2D eigenvalue weighted by Gasteiger charge is 2.45. The van der Waals surface area contributed by atoms with Crippen molar-refractivity contribution in [2.75, 3.05) is 7.05 Å². The van der Waals surface area contributed by atoms with Gasteiger partial charge in [0.1, 0.15) is 11.5 Å². The van der Waals surface area contributed by atoms with Crippen molar-refractivity contribution in [3.8, 4) is 11.3 Å². The number of likely N-dealkylation sites (N-methyl/N-ethyl adjacent to an activating group) is 1. The topological polar surface area (TPSA) is 29.3 Å². The van der Waals surface area contributed by atoms with Crippen molar-refractivity contribution < 1.29 is 4.52 Å². The first kappa shape index (κ1) is 17.0. The summed E-state index contributed by atoms with van der Waals surface area (Å²) in [4.78, 5) is 2.55. The molecule has 2 fully saturated rings. The number of rotatable bonds is 2. The molecule has 1 aliphatic carbocycles. The number of piperidine rings is 1. The Balaban J connectivity index is 1.56. The molecule has 3 heterocycles. The molecular weight excluding hydrogens is 356 g/mol. The minimum atomic E-state index is 0.267. The summed E-state index contributed by atoms with van der Waals surface area (Å²) in [5, 5.41) is 5.22. The van der Waals surface area contributed by atoms with Crippen LogP contribution in [0.1, 0.15) is 37.4 Å². The summed E-state index contributed by atoms with van der Waals surface area (Å²) >= 11 is 6.15. The molecule has 0 spiro atoms. The predicted octanol–water partition coefficient (Wildman–Crippen LogP) is 5.67. The van der Waals surface area contributed by atoms with E-state index in [4.69, 9.17) is 16.1 Å². The molecule has 2 saturated heterocycles. The number of hydrogen-bond donors (Lipinski definition) is 0. The summed E-state index contributed by atoms with van der Waals surface area (Å²) in [6.07, 6.45) is 10.8. The summed E-state index contributed by atoms with van der Waals surface area (Å²) < 4.78 is 5.92. The number of nitrogens with zero attached hydrogens (tertiary/aromatic N) is 2. The van der Waals surface area contributed by atoms with Crippen LogP contribution in [0.2, 0.25) is 0 Å². The van der Waals surface area contributed by atoms with Crippen molar-refractivity contribution in [3.05, 3.63) is 76.6 Å². The zero-order chi connectivity index (χ0) is 18.4. The molecule has 0 amide bonds. The average Bonchev–Trinajstić information content (AvgIpc) is 3.26. The van der Waals surface area contributed by atoms with E-state index in [1.54, 1.807) is 0 Å². The Bertz CT molecular complexity index is 940. The van der Waals surface area contributed by atoms with Crippen molar-refractivity contribution in [1.29, 1.82) is 0 Å². The Labute approximate surface area is 165 Å². The molecule has 3 aliphatic rings. The van der Waals surface area contributed by atoms with Crippen LogP contribution in [0.25, 0.3) is 11.3 Å². The zero-order valence-electron chi connectivity index (χ0n) is 15.4. The van der Waals surface area contributed by atoms with E-state index >= 15 is 0 Å². The first-order chi connectivity index (χ1) is 13.2. The Hall–Kier alpha value is -2.10. The van der Waals surface area contributed by atoms with Gasteiger partial charge >= 0.3 is 0 Å². The second-order valence-corrected chi connectivity index (χ2v) is 8.24. The van der Waals surface area contributed by atoms with E-state index in [0.717, 1.165) is 34.9 Å². The van der Waals surface area contributed by atoms with E-state index in [2.05, 4.69) is 47.5 Å². The van der Waals surface area contributed by atoms with Crippen LogP contribution in [-0.4, -0.2) is 29.2 Å². The normalized spacial score (nSPS) is 30.6. The largest absolute Gasteiger partial charge is 0.360 e. The van der Waals surface area contributed by atoms with Crippen molar-refractivity contribution in [2.24, 2.45) is 0 Å². The quantitative estimate of drug-likeness (QED) is 0.674. The lowest BCUT2D eigenvalue weighted by Crippen LogP contribution is -2.42. The molecule has 2 aliphatic heterocycles. The predicted molar refractivity (Wildman–Crippen MR) is 109 cm³/mol. The van der Waals surface area contributed by atoms with Gasteiger partial charge < -0.3 is 4.52 Å². The molecule has 0 saturated carbocycles. The fourth-order valence-electron chi connectivity index (χ4n) is 4.94. The number of hydrogen-bond acceptors (Lipinski definition) is 3. The van der Waals surface area contributed by atoms with Gasteiger partial charge in [-0.05, 0) is 44.4 Å². The summed E-state index contributed by atoms with van der Waals surface area (Å²) in [5.74, 6) is 1.26. The van der Waals surface area contributed by atoms with E-state index in [1.807, 2.05) is 24.3 Å². The second-order valence-electron chi connectivity index (χ2n) is 7.80. The van der Waals surface area contributed by atoms with E-state index in [9.17, 15) is 0 Å². The van der Waals surface area contributed by atoms with Gasteiger partial charge in [-0.1, -0.05) is 64.8 Å². The van der Waals surface area contributed by atoms with Gasteiger partial charge in [-0.15, -0.1) is 0 Å². The third kappa shape index (κ3) is 2.99. The Morgan fingerprint density at radius 1 is 1.15 bits per heavy atom. The molecule has 2 aromatic rings. The molecule has 0 radical (unpaired) electrons. The van der Waals surface area contributed by atoms with Crippen LogP contribution in [0.15, 0.2) is 75.3 Å². The van der Waals surface area contributed by atoms with E-state index < -0.39 is 0 Å². The highest BCUT2D eigenvalue weighted by Crippen LogP contribution is 2.48. The minimum absolute atomic E-state index is 0.267. The molecule has 3 atom stereocenters. The molecule has 138 valence electrons. The smallest absolute Gasteiger partial charge is 0.146 e. The number of halogens is 1. The Morgan fingerprint density at radius 2 is 2.00 bits per heavy atom. The fourth-order valence-corrected chi connectivity index (χ4v) is 5.08. The number of aromatic nitrogens is 1. The minimum Gasteiger partial charge on any atom is -0.360 e. The fraction of sp³-hybridized carbons (Fsp3) is 0.348. The molecule has 1 aromatic heterocycles. The van der Waals surface area contributed by atoms with Crippen molar-refractivity contribution in [1.82, 2.24) is 10.1 Å². The second kappa shape index (κ2) is 6.81. The average molecular weight is 379 g/mol. The van der Waals surface area contributed by atoms with Gasteiger partial charge in [-0.3, -0.25) is 4.90 Å². The summed E-state index contributed by atoms with van der Waals surface area (Å²) in [6, 6.07) is 13.5. The molecule has 2 bridgehead atoms. The van der Waals surface area contributed by atoms with Gasteiger partial charge in [0.15, 0.2) is 0 Å². The van der Waals surface area contributed by atoms with Crippen molar-refractivity contribution in [2.45, 2.75) is 43.7 Å². The first-order valence-corrected chi connectivity index (χ1v) is 10.1. The zero-order valence-corrected chi connectivity index (χ0v) is 16.2. The summed E-state index contributed by atoms with van der Waals surface area (Å²) in [7, 11) is 2.26. The highest BCUT2D eigenvalue weighted by molar-refractivity contribution is 6.31. The number of benzene rings is 1. The van der Waals surface area contributed by atoms with Crippen molar-refractivity contribution in [3.63, 3.8) is 0 Å². The van der Waals surface area contributed by atoms with Gasteiger partial charge in [0, 0.05) is 28.7 Å². The van der Waals surface area contributed by atoms with Gasteiger partial charge in [-0.2, -0.15) is 0 Å². The van der Waals surface area contributed by atoms with Crippen molar-refractivity contribution >= 4 is 11.6 Å². The van der Waals surface area contributed by atoms with Crippen LogP contribution >= 0.6 is 11.6 Å². The molecule has 3 nitrogen and oxygen atoms in total. The SMILES string of the molecule is CN1C2CCC1C(c1cc(-c3ccccc3)no1)/C(=C1/C=CC(Cl)=CC1)C2. The van der Waals surface area contributed by atoms with Crippen LogP contribution in [0.4, 0.5) is 0 Å². The van der Waals surface area contributed by atoms with E-state index in [-0.39, 0.29) is 5.92 Å². The molecule has 0 N–H and O–H groups in total. The summed E-state index contributed by atoms with van der Waals surface area (Å²) in [5.41, 5.74) is 4.92. The van der Waals surface area contributed by atoms with E-state index in [1.165, 1.54) is 24.0 Å². The van der Waals surface area contributed by atoms with Gasteiger partial charge in [-0.25, -0.2) is 0 Å². The lowest BCUT2D eigenvalue weighted by Gasteiger charge is -2.39. The van der Waals surface area contributed by atoms with Gasteiger partial charge in [0.05, 0.1) is 5.92 Å². The lowest BCUT2D eigenvalue weighted by molar-refractivity contribution is 0.175. The number of allylic oxidation sites excluding steroid dienone is 5. The van der Waals surface area contributed by atoms with Crippen LogP contribution in [-0.2, 0) is 0 Å². The third-order valence-corrected chi connectivity index (χ3v) is 6.67. The van der Waals surface area contributed by atoms with Crippen LogP contribution in [0.5, 0.6) is 0 Å². The molecule has 1 aromatic carbocycles. The van der Waals surface area contributed by atoms with Crippen LogP contribution in [0.3, 0.4) is 0 Å². The Kier molecular flexibility index (Phi) is 4.30. The standard InChI is InChI=1S/C23H23ClN2O/c1-26-18-11-12-21(26)23(19(13-18)15-7-9-17(24)10-8-15)22-14-20(25-27-22)16-5-3-2-4-6-16/h2-7,9-10,14,18,21,23H,8,11-13H2,1H3/b19-15-. The molecular formula is C23H23ClN2O. The van der Waals surface area contributed by atoms with Gasteiger partial charge in [0.25, 0.3) is 0 Å². The third-order valence-electron chi connectivity index (χ3n) is 6.39. The molecule has 4 heteroatoms. The Morgan fingerprint density at radius 3 is 2.78 bits per heavy atom. The van der Waals surface area contributed by atoms with Crippen LogP contribution in [0, 0.1) is 0 Å².